The van der Waals surface area contributed by atoms with Gasteiger partial charge in [-0.2, -0.15) is 0 Å². The average Bonchev–Trinajstić information content (AvgIpc) is 3.13. The fourth-order valence-electron chi connectivity index (χ4n) is 2.93. The minimum absolute atomic E-state index is 0.271. The van der Waals surface area contributed by atoms with Crippen LogP contribution < -0.4 is 10.1 Å². The zero-order chi connectivity index (χ0) is 14.2. The van der Waals surface area contributed by atoms with Gasteiger partial charge in [-0.05, 0) is 54.4 Å². The summed E-state index contributed by atoms with van der Waals surface area (Å²) in [6.07, 6.45) is 5.87. The molecule has 20 heavy (non-hydrogen) atoms. The Morgan fingerprint density at radius 1 is 1.40 bits per heavy atom. The summed E-state index contributed by atoms with van der Waals surface area (Å²) in [4.78, 5) is 0. The molecule has 1 heterocycles. The van der Waals surface area contributed by atoms with Crippen molar-refractivity contribution in [1.82, 2.24) is 5.32 Å². The molecule has 1 aromatic rings. The van der Waals surface area contributed by atoms with Crippen LogP contribution in [0.4, 0.5) is 0 Å². The zero-order valence-electron chi connectivity index (χ0n) is 12.5. The Kier molecular flexibility index (Phi) is 3.96. The van der Waals surface area contributed by atoms with Crippen molar-refractivity contribution in [1.29, 1.82) is 0 Å². The molecule has 1 aliphatic carbocycles. The van der Waals surface area contributed by atoms with E-state index in [2.05, 4.69) is 31.3 Å². The summed E-state index contributed by atoms with van der Waals surface area (Å²) in [5.41, 5.74) is 2.83. The lowest BCUT2D eigenvalue weighted by Gasteiger charge is -2.29. The summed E-state index contributed by atoms with van der Waals surface area (Å²) in [5.74, 6) is 1.10. The van der Waals surface area contributed by atoms with E-state index in [9.17, 15) is 0 Å². The number of rotatable bonds is 6. The van der Waals surface area contributed by atoms with Gasteiger partial charge in [0.15, 0.2) is 0 Å². The quantitative estimate of drug-likeness (QED) is 0.856. The number of halogens is 1. The summed E-state index contributed by atoms with van der Waals surface area (Å²) in [7, 11) is 0. The van der Waals surface area contributed by atoms with Crippen LogP contribution in [-0.2, 0) is 12.8 Å². The molecule has 3 heteroatoms. The van der Waals surface area contributed by atoms with E-state index in [0.717, 1.165) is 49.2 Å². The lowest BCUT2D eigenvalue weighted by atomic mass is 9.80. The molecule has 1 N–H and O–H groups in total. The summed E-state index contributed by atoms with van der Waals surface area (Å²) in [5, 5.41) is 4.52. The van der Waals surface area contributed by atoms with E-state index in [1.165, 1.54) is 24.0 Å². The molecule has 2 nitrogen and oxygen atoms in total. The fraction of sp³-hybridized carbons (Fsp3) is 0.647. The van der Waals surface area contributed by atoms with Crippen molar-refractivity contribution in [3.63, 3.8) is 0 Å². The van der Waals surface area contributed by atoms with Crippen molar-refractivity contribution in [2.45, 2.75) is 52.0 Å². The van der Waals surface area contributed by atoms with Gasteiger partial charge < -0.3 is 10.1 Å². The third kappa shape index (κ3) is 3.12. The van der Waals surface area contributed by atoms with Gasteiger partial charge in [0.1, 0.15) is 5.75 Å². The monoisotopic (exact) mass is 293 g/mol. The van der Waals surface area contributed by atoms with Crippen molar-refractivity contribution >= 4 is 11.6 Å². The average molecular weight is 294 g/mol. The van der Waals surface area contributed by atoms with Crippen LogP contribution in [0.3, 0.4) is 0 Å². The molecule has 0 spiro atoms. The molecule has 0 radical (unpaired) electrons. The highest BCUT2D eigenvalue weighted by molar-refractivity contribution is 6.30. The maximum Gasteiger partial charge on any atom is 0.125 e. The second-order valence-electron chi connectivity index (χ2n) is 6.65. The lowest BCUT2D eigenvalue weighted by Crippen LogP contribution is -2.34. The van der Waals surface area contributed by atoms with Crippen molar-refractivity contribution in [2.75, 3.05) is 13.2 Å². The second kappa shape index (κ2) is 5.57. The molecule has 2 aliphatic rings. The van der Waals surface area contributed by atoms with E-state index in [0.29, 0.717) is 0 Å². The van der Waals surface area contributed by atoms with Gasteiger partial charge in [0, 0.05) is 24.0 Å². The van der Waals surface area contributed by atoms with Crippen LogP contribution in [0.5, 0.6) is 5.75 Å². The van der Waals surface area contributed by atoms with E-state index in [1.54, 1.807) is 0 Å². The Morgan fingerprint density at radius 3 is 2.90 bits per heavy atom. The number of fused-ring (bicyclic) bond motifs is 1. The van der Waals surface area contributed by atoms with Crippen LogP contribution >= 0.6 is 11.6 Å². The van der Waals surface area contributed by atoms with E-state index in [1.807, 2.05) is 0 Å². The molecular weight excluding hydrogens is 270 g/mol. The van der Waals surface area contributed by atoms with Gasteiger partial charge in [0.25, 0.3) is 0 Å². The largest absolute Gasteiger partial charge is 0.493 e. The van der Waals surface area contributed by atoms with Gasteiger partial charge in [-0.3, -0.25) is 0 Å². The molecule has 1 saturated carbocycles. The van der Waals surface area contributed by atoms with E-state index >= 15 is 0 Å². The van der Waals surface area contributed by atoms with Gasteiger partial charge in [-0.25, -0.2) is 0 Å². The minimum Gasteiger partial charge on any atom is -0.493 e. The highest BCUT2D eigenvalue weighted by Gasteiger charge is 2.29. The molecule has 3 rings (SSSR count). The summed E-state index contributed by atoms with van der Waals surface area (Å²) in [6.45, 7) is 6.52. The Hall–Kier alpha value is -0.730. The van der Waals surface area contributed by atoms with Gasteiger partial charge in [-0.15, -0.1) is 0 Å². The van der Waals surface area contributed by atoms with E-state index in [-0.39, 0.29) is 5.41 Å². The normalized spacial score (nSPS) is 20.4. The van der Waals surface area contributed by atoms with Gasteiger partial charge >= 0.3 is 0 Å². The van der Waals surface area contributed by atoms with Crippen LogP contribution in [0, 0.1) is 5.41 Å². The first kappa shape index (κ1) is 14.2. The highest BCUT2D eigenvalue weighted by Crippen LogP contribution is 2.37. The number of hydrogen-bond donors (Lipinski definition) is 1. The molecule has 0 amide bonds. The smallest absolute Gasteiger partial charge is 0.125 e. The third-order valence-electron chi connectivity index (χ3n) is 4.69. The van der Waals surface area contributed by atoms with Crippen LogP contribution in [0.25, 0.3) is 0 Å². The van der Waals surface area contributed by atoms with Crippen molar-refractivity contribution in [3.05, 3.63) is 28.3 Å². The topological polar surface area (TPSA) is 21.3 Å². The van der Waals surface area contributed by atoms with Crippen LogP contribution in [-0.4, -0.2) is 19.2 Å². The number of hydrogen-bond acceptors (Lipinski definition) is 2. The standard InChI is InChI=1S/C17H24ClNO/c1-3-17(2,11-19-15-4-5-15)10-13-9-14(18)8-12-6-7-20-16(12)13/h8-9,15,19H,3-7,10-11H2,1-2H3. The minimum atomic E-state index is 0.271. The van der Waals surface area contributed by atoms with E-state index in [4.69, 9.17) is 16.3 Å². The number of benzene rings is 1. The van der Waals surface area contributed by atoms with Crippen molar-refractivity contribution in [3.8, 4) is 5.75 Å². The molecule has 0 saturated heterocycles. The van der Waals surface area contributed by atoms with Crippen LogP contribution in [0.15, 0.2) is 12.1 Å². The van der Waals surface area contributed by atoms with E-state index < -0.39 is 0 Å². The summed E-state index contributed by atoms with van der Waals surface area (Å²) < 4.78 is 5.83. The number of nitrogens with one attached hydrogen (secondary N) is 1. The molecule has 1 aliphatic heterocycles. The lowest BCUT2D eigenvalue weighted by molar-refractivity contribution is 0.282. The Bertz CT molecular complexity index is 498. The highest BCUT2D eigenvalue weighted by atomic mass is 35.5. The first-order valence-electron chi connectivity index (χ1n) is 7.77. The van der Waals surface area contributed by atoms with Crippen molar-refractivity contribution < 1.29 is 4.74 Å². The Morgan fingerprint density at radius 2 is 2.20 bits per heavy atom. The van der Waals surface area contributed by atoms with Crippen LogP contribution in [0.2, 0.25) is 5.02 Å². The van der Waals surface area contributed by atoms with Gasteiger partial charge in [-0.1, -0.05) is 25.4 Å². The Labute approximate surface area is 126 Å². The van der Waals surface area contributed by atoms with Gasteiger partial charge in [0.05, 0.1) is 6.61 Å². The van der Waals surface area contributed by atoms with Crippen molar-refractivity contribution in [2.24, 2.45) is 5.41 Å². The second-order valence-corrected chi connectivity index (χ2v) is 7.08. The molecule has 1 fully saturated rings. The molecule has 1 atom stereocenters. The SMILES string of the molecule is CCC(C)(CNC1CC1)Cc1cc(Cl)cc2c1OCC2. The van der Waals surface area contributed by atoms with Crippen LogP contribution in [0.1, 0.15) is 44.2 Å². The number of ether oxygens (including phenoxy) is 1. The fourth-order valence-corrected chi connectivity index (χ4v) is 3.19. The zero-order valence-corrected chi connectivity index (χ0v) is 13.2. The molecule has 0 aromatic heterocycles. The predicted octanol–water partition coefficient (Wildman–Crippen LogP) is 3.99. The molecule has 1 unspecified atom stereocenters. The Balaban J connectivity index is 1.77. The summed E-state index contributed by atoms with van der Waals surface area (Å²) >= 11 is 6.27. The maximum absolute atomic E-state index is 6.27. The predicted molar refractivity (Wildman–Crippen MR) is 83.8 cm³/mol. The molecule has 0 bridgehead atoms. The first-order chi connectivity index (χ1) is 9.59. The van der Waals surface area contributed by atoms with Gasteiger partial charge in [0.2, 0.25) is 0 Å². The molecular formula is C17H24ClNO. The third-order valence-corrected chi connectivity index (χ3v) is 4.91. The first-order valence-corrected chi connectivity index (χ1v) is 8.15. The molecule has 1 aromatic carbocycles. The summed E-state index contributed by atoms with van der Waals surface area (Å²) in [6, 6.07) is 4.91. The molecule has 110 valence electrons. The maximum atomic E-state index is 6.27.